The second-order valence-electron chi connectivity index (χ2n) is 1.88. The number of nitrogens with zero attached hydrogens (tertiary/aromatic N) is 2. The van der Waals surface area contributed by atoms with Gasteiger partial charge in [0.05, 0.1) is 6.20 Å². The minimum absolute atomic E-state index is 0. The average Bonchev–Trinajstić information content (AvgIpc) is 2.15. The Balaban J connectivity index is 0.000001000. The van der Waals surface area contributed by atoms with Crippen molar-refractivity contribution in [3.63, 3.8) is 0 Å². The zero-order valence-electron chi connectivity index (χ0n) is 6.20. The molecule has 0 saturated carbocycles. The Morgan fingerprint density at radius 1 is 1.73 bits per heavy atom. The zero-order valence-corrected chi connectivity index (χ0v) is 7.24. The first-order valence-corrected chi connectivity index (χ1v) is 2.89. The first-order chi connectivity index (χ1) is 4.70. The molecule has 0 fully saturated rings. The van der Waals surface area contributed by atoms with Gasteiger partial charge in [0.1, 0.15) is 5.82 Å². The summed E-state index contributed by atoms with van der Waals surface area (Å²) >= 11 is 0. The Bertz CT molecular complexity index is 246. The van der Waals surface area contributed by atoms with Crippen LogP contribution in [0.15, 0.2) is 12.4 Å². The van der Waals surface area contributed by atoms with Crippen LogP contribution in [0, 0.1) is 6.92 Å². The van der Waals surface area contributed by atoms with Crippen LogP contribution in [0.4, 0.5) is 0 Å². The van der Waals surface area contributed by atoms with E-state index >= 15 is 0 Å². The summed E-state index contributed by atoms with van der Waals surface area (Å²) in [6, 6.07) is 0. The van der Waals surface area contributed by atoms with Crippen LogP contribution in [-0.2, 0) is 21.6 Å². The molecule has 0 aromatic carbocycles. The molecule has 1 aromatic heterocycles. The molecule has 0 atom stereocenters. The number of imidazole rings is 1. The van der Waals surface area contributed by atoms with Crippen molar-refractivity contribution in [2.45, 2.75) is 13.8 Å². The van der Waals surface area contributed by atoms with E-state index < -0.39 is 0 Å². The van der Waals surface area contributed by atoms with Gasteiger partial charge in [0.15, 0.2) is 0 Å². The molecule has 0 unspecified atom stereocenters. The molecule has 0 aliphatic carbocycles. The molecule has 0 aliphatic heterocycles. The number of hydrogen-bond donors (Lipinski definition) is 0. The van der Waals surface area contributed by atoms with E-state index in [-0.39, 0.29) is 22.7 Å². The Kier molecular flexibility index (Phi) is 3.84. The third-order valence-electron chi connectivity index (χ3n) is 1.01. The predicted octanol–water partition coefficient (Wildman–Crippen LogP) is 0.164. The van der Waals surface area contributed by atoms with Gasteiger partial charge in [0.2, 0.25) is 0 Å². The van der Waals surface area contributed by atoms with E-state index in [4.69, 9.17) is 4.84 Å². The van der Waals surface area contributed by atoms with Crippen molar-refractivity contribution in [1.82, 2.24) is 9.71 Å². The SMILES string of the molecule is CC(=O)On1ccnc1C.[Co]. The van der Waals surface area contributed by atoms with Gasteiger partial charge in [-0.15, -0.1) is 0 Å². The van der Waals surface area contributed by atoms with Crippen LogP contribution in [0.2, 0.25) is 0 Å². The van der Waals surface area contributed by atoms with Crippen molar-refractivity contribution < 1.29 is 26.4 Å². The fourth-order valence-electron chi connectivity index (χ4n) is 0.602. The van der Waals surface area contributed by atoms with Crippen LogP contribution < -0.4 is 4.84 Å². The zero-order chi connectivity index (χ0) is 7.56. The Morgan fingerprint density at radius 2 is 2.36 bits per heavy atom. The standard InChI is InChI=1S/C6H8N2O2.Co/c1-5-7-3-4-8(5)10-6(2)9;/h3-4H,1-2H3;. The summed E-state index contributed by atoms with van der Waals surface area (Å²) in [7, 11) is 0. The van der Waals surface area contributed by atoms with Gasteiger partial charge in [-0.1, -0.05) is 0 Å². The topological polar surface area (TPSA) is 44.1 Å². The van der Waals surface area contributed by atoms with Gasteiger partial charge in [0.25, 0.3) is 0 Å². The monoisotopic (exact) mass is 199 g/mol. The summed E-state index contributed by atoms with van der Waals surface area (Å²) in [6.07, 6.45) is 3.15. The molecule has 0 spiro atoms. The summed E-state index contributed by atoms with van der Waals surface area (Å²) in [5.74, 6) is 0.316. The first kappa shape index (κ1) is 10.2. The van der Waals surface area contributed by atoms with Gasteiger partial charge in [-0.3, -0.25) is 0 Å². The maximum atomic E-state index is 10.4. The van der Waals surface area contributed by atoms with Crippen LogP contribution in [0.1, 0.15) is 12.7 Å². The fraction of sp³-hybridized carbons (Fsp3) is 0.333. The molecule has 0 bridgehead atoms. The van der Waals surface area contributed by atoms with E-state index in [1.807, 2.05) is 0 Å². The number of hydrogen-bond acceptors (Lipinski definition) is 3. The summed E-state index contributed by atoms with van der Waals surface area (Å²) in [5.41, 5.74) is 0. The van der Waals surface area contributed by atoms with E-state index in [0.717, 1.165) is 0 Å². The van der Waals surface area contributed by atoms with Crippen molar-refractivity contribution in [3.8, 4) is 0 Å². The van der Waals surface area contributed by atoms with Crippen LogP contribution in [-0.4, -0.2) is 15.7 Å². The second-order valence-corrected chi connectivity index (χ2v) is 1.88. The number of rotatable bonds is 1. The van der Waals surface area contributed by atoms with E-state index in [1.165, 1.54) is 11.7 Å². The third kappa shape index (κ3) is 2.73. The first-order valence-electron chi connectivity index (χ1n) is 2.89. The van der Waals surface area contributed by atoms with Crippen LogP contribution in [0.5, 0.6) is 0 Å². The van der Waals surface area contributed by atoms with E-state index in [2.05, 4.69) is 4.98 Å². The number of carbonyl (C=O) groups is 1. The number of aryl methyl sites for hydroxylation is 1. The van der Waals surface area contributed by atoms with Crippen LogP contribution >= 0.6 is 0 Å². The molecule has 63 valence electrons. The minimum Gasteiger partial charge on any atom is -0.336 e. The minimum atomic E-state index is -0.346. The van der Waals surface area contributed by atoms with Gasteiger partial charge in [0, 0.05) is 29.9 Å². The smallest absolute Gasteiger partial charge is 0.329 e. The van der Waals surface area contributed by atoms with E-state index in [9.17, 15) is 4.79 Å². The molecule has 4 nitrogen and oxygen atoms in total. The molecular weight excluding hydrogens is 191 g/mol. The molecule has 5 heteroatoms. The number of aromatic nitrogens is 2. The maximum Gasteiger partial charge on any atom is 0.329 e. The molecule has 0 aliphatic rings. The summed E-state index contributed by atoms with van der Waals surface area (Å²) in [5, 5.41) is 0. The summed E-state index contributed by atoms with van der Waals surface area (Å²) < 4.78 is 1.32. The summed E-state index contributed by atoms with van der Waals surface area (Å²) in [4.78, 5) is 18.9. The van der Waals surface area contributed by atoms with Crippen molar-refractivity contribution in [3.05, 3.63) is 18.2 Å². The van der Waals surface area contributed by atoms with Gasteiger partial charge < -0.3 is 4.84 Å². The second kappa shape index (κ2) is 4.15. The quantitative estimate of drug-likeness (QED) is 0.647. The molecule has 0 amide bonds. The molecule has 1 rings (SSSR count). The fourth-order valence-corrected chi connectivity index (χ4v) is 0.602. The third-order valence-corrected chi connectivity index (χ3v) is 1.01. The van der Waals surface area contributed by atoms with Crippen molar-refractivity contribution in [2.75, 3.05) is 0 Å². The van der Waals surface area contributed by atoms with Crippen molar-refractivity contribution in [2.24, 2.45) is 0 Å². The largest absolute Gasteiger partial charge is 0.336 e. The van der Waals surface area contributed by atoms with E-state index in [1.54, 1.807) is 19.3 Å². The molecule has 1 radical (unpaired) electrons. The Hall–Kier alpha value is -0.814. The molecule has 1 aromatic rings. The molecule has 0 N–H and O–H groups in total. The van der Waals surface area contributed by atoms with Gasteiger partial charge in [-0.05, 0) is 6.92 Å². The Morgan fingerprint density at radius 3 is 2.73 bits per heavy atom. The van der Waals surface area contributed by atoms with Crippen LogP contribution in [0.25, 0.3) is 0 Å². The van der Waals surface area contributed by atoms with Gasteiger partial charge >= 0.3 is 5.97 Å². The van der Waals surface area contributed by atoms with Gasteiger partial charge in [-0.25, -0.2) is 9.78 Å². The normalized spacial score (nSPS) is 8.55. The van der Waals surface area contributed by atoms with Crippen molar-refractivity contribution >= 4 is 5.97 Å². The van der Waals surface area contributed by atoms with Crippen LogP contribution in [0.3, 0.4) is 0 Å². The molecule has 1 heterocycles. The Labute approximate surface area is 74.7 Å². The van der Waals surface area contributed by atoms with Gasteiger partial charge in [-0.2, -0.15) is 4.73 Å². The molecule has 0 saturated heterocycles. The summed E-state index contributed by atoms with van der Waals surface area (Å²) in [6.45, 7) is 3.10. The van der Waals surface area contributed by atoms with E-state index in [0.29, 0.717) is 5.82 Å². The van der Waals surface area contributed by atoms with Crippen molar-refractivity contribution in [1.29, 1.82) is 0 Å². The molecule has 11 heavy (non-hydrogen) atoms. The molecular formula is C6H8CoN2O2. The maximum absolute atomic E-state index is 10.4. The average molecular weight is 199 g/mol. The predicted molar refractivity (Wildman–Crippen MR) is 34.2 cm³/mol. The number of carbonyl (C=O) groups excluding carboxylic acids is 1.